The largest absolute Gasteiger partial charge is 0.805 e. The van der Waals surface area contributed by atoms with Crippen LogP contribution in [0.25, 0.3) is 0 Å². The van der Waals surface area contributed by atoms with Gasteiger partial charge < -0.3 is 5.73 Å². The van der Waals surface area contributed by atoms with Crippen molar-refractivity contribution in [2.24, 2.45) is 5.73 Å². The first-order valence-electron chi connectivity index (χ1n) is 9.14. The Hall–Kier alpha value is -3.17. The lowest BCUT2D eigenvalue weighted by atomic mass is 10.1. The molecule has 3 aromatic carbocycles. The fourth-order valence-corrected chi connectivity index (χ4v) is 3.58. The quantitative estimate of drug-likeness (QED) is 0.307. The van der Waals surface area contributed by atoms with Crippen molar-refractivity contribution in [2.75, 3.05) is 0 Å². The lowest BCUT2D eigenvalue weighted by molar-refractivity contribution is 0.411. The summed E-state index contributed by atoms with van der Waals surface area (Å²) in [6.45, 7) is 7.68. The summed E-state index contributed by atoms with van der Waals surface area (Å²) in [5.74, 6) is 1.37. The smallest absolute Gasteiger partial charge is 0.384 e. The molecule has 3 rings (SSSR count). The molecule has 0 bridgehead atoms. The molecule has 0 aliphatic rings. The van der Waals surface area contributed by atoms with E-state index in [4.69, 9.17) is 20.2 Å². The van der Waals surface area contributed by atoms with Crippen LogP contribution in [-0.2, 0) is 4.57 Å². The van der Waals surface area contributed by atoms with E-state index >= 15 is 0 Å². The standard InChI is InChI=1S/C16H18O3P.C7H8N2/c1-11-7-5-8-12(2)15(11)18-20(17)19-16-13(3)9-6-10-14(16)4;8-7(9)6-4-2-1-3-5-6/h5-10H,1-4H3;1-5H,(H3,8,9)/q+1;. The highest BCUT2D eigenvalue weighted by Crippen LogP contribution is 2.36. The number of aryl methyl sites for hydroxylation is 4. The van der Waals surface area contributed by atoms with Gasteiger partial charge in [-0.05, 0) is 49.9 Å². The number of hydrogen-bond acceptors (Lipinski definition) is 4. The van der Waals surface area contributed by atoms with Crippen molar-refractivity contribution in [1.29, 1.82) is 5.41 Å². The Bertz CT molecular complexity index is 908. The first-order valence-corrected chi connectivity index (χ1v) is 10.2. The summed E-state index contributed by atoms with van der Waals surface area (Å²) in [5.41, 5.74) is 9.74. The summed E-state index contributed by atoms with van der Waals surface area (Å²) in [7, 11) is -2.25. The van der Waals surface area contributed by atoms with Gasteiger partial charge in [0, 0.05) is 10.1 Å². The van der Waals surface area contributed by atoms with Gasteiger partial charge in [0.05, 0.1) is 0 Å². The number of para-hydroxylation sites is 2. The molecule has 0 aliphatic heterocycles. The second-order valence-corrected chi connectivity index (χ2v) is 7.44. The summed E-state index contributed by atoms with van der Waals surface area (Å²) < 4.78 is 23.0. The number of nitrogens with two attached hydrogens (primary N) is 1. The number of nitrogen functional groups attached to an aromatic ring is 1. The van der Waals surface area contributed by atoms with Gasteiger partial charge in [0.15, 0.2) is 11.5 Å². The van der Waals surface area contributed by atoms with Gasteiger partial charge in [-0.2, -0.15) is 0 Å². The lowest BCUT2D eigenvalue weighted by Gasteiger charge is -2.04. The molecular formula is C23H26N2O3P+. The van der Waals surface area contributed by atoms with E-state index in [1.54, 1.807) is 0 Å². The average Bonchev–Trinajstić information content (AvgIpc) is 2.69. The predicted octanol–water partition coefficient (Wildman–Crippen LogP) is 6.01. The van der Waals surface area contributed by atoms with Crippen LogP contribution in [0.5, 0.6) is 11.5 Å². The van der Waals surface area contributed by atoms with Gasteiger partial charge in [-0.3, -0.25) is 5.41 Å². The lowest BCUT2D eigenvalue weighted by Crippen LogP contribution is -2.10. The Morgan fingerprint density at radius 2 is 1.10 bits per heavy atom. The molecule has 0 aliphatic carbocycles. The molecule has 0 saturated carbocycles. The first kappa shape index (κ1) is 22.1. The maximum Gasteiger partial charge on any atom is 0.805 e. The van der Waals surface area contributed by atoms with Crippen LogP contribution in [0.15, 0.2) is 66.7 Å². The van der Waals surface area contributed by atoms with E-state index in [-0.39, 0.29) is 5.84 Å². The van der Waals surface area contributed by atoms with Gasteiger partial charge >= 0.3 is 8.25 Å². The number of nitrogens with one attached hydrogen (secondary N) is 1. The first-order chi connectivity index (χ1) is 13.8. The van der Waals surface area contributed by atoms with Gasteiger partial charge in [-0.1, -0.05) is 66.7 Å². The monoisotopic (exact) mass is 409 g/mol. The summed E-state index contributed by atoms with van der Waals surface area (Å²) >= 11 is 0. The molecule has 5 nitrogen and oxygen atoms in total. The molecule has 0 saturated heterocycles. The van der Waals surface area contributed by atoms with Crippen molar-refractivity contribution in [3.63, 3.8) is 0 Å². The summed E-state index contributed by atoms with van der Waals surface area (Å²) in [6, 6.07) is 20.8. The van der Waals surface area contributed by atoms with Crippen molar-refractivity contribution >= 4 is 14.1 Å². The van der Waals surface area contributed by atoms with Crippen LogP contribution in [-0.4, -0.2) is 5.84 Å². The Morgan fingerprint density at radius 1 is 0.724 bits per heavy atom. The van der Waals surface area contributed by atoms with Crippen molar-refractivity contribution in [3.05, 3.63) is 94.5 Å². The third-order valence-corrected chi connectivity index (χ3v) is 4.90. The zero-order valence-corrected chi connectivity index (χ0v) is 18.0. The topological polar surface area (TPSA) is 85.4 Å². The molecule has 0 fully saturated rings. The number of amidine groups is 1. The van der Waals surface area contributed by atoms with Gasteiger partial charge in [-0.15, -0.1) is 0 Å². The molecule has 29 heavy (non-hydrogen) atoms. The van der Waals surface area contributed by atoms with E-state index in [2.05, 4.69) is 0 Å². The van der Waals surface area contributed by atoms with Crippen molar-refractivity contribution < 1.29 is 13.6 Å². The van der Waals surface area contributed by atoms with E-state index in [1.165, 1.54) is 0 Å². The van der Waals surface area contributed by atoms with Crippen LogP contribution < -0.4 is 14.8 Å². The third-order valence-electron chi connectivity index (χ3n) is 4.23. The number of hydrogen-bond donors (Lipinski definition) is 2. The van der Waals surface area contributed by atoms with Gasteiger partial charge in [0.25, 0.3) is 0 Å². The molecular weight excluding hydrogens is 383 g/mol. The second kappa shape index (κ2) is 10.4. The summed E-state index contributed by atoms with van der Waals surface area (Å²) in [4.78, 5) is 0. The zero-order chi connectivity index (χ0) is 21.4. The molecule has 0 radical (unpaired) electrons. The van der Waals surface area contributed by atoms with E-state index < -0.39 is 8.25 Å². The van der Waals surface area contributed by atoms with Crippen molar-refractivity contribution in [1.82, 2.24) is 0 Å². The van der Waals surface area contributed by atoms with E-state index in [1.807, 2.05) is 94.4 Å². The van der Waals surface area contributed by atoms with Crippen LogP contribution in [0.3, 0.4) is 0 Å². The van der Waals surface area contributed by atoms with Gasteiger partial charge in [0.1, 0.15) is 5.84 Å². The highest BCUT2D eigenvalue weighted by molar-refractivity contribution is 7.34. The van der Waals surface area contributed by atoms with E-state index in [0.717, 1.165) is 27.8 Å². The minimum Gasteiger partial charge on any atom is -0.384 e. The summed E-state index contributed by atoms with van der Waals surface area (Å²) in [6.07, 6.45) is 0. The van der Waals surface area contributed by atoms with Crippen LogP contribution in [0.2, 0.25) is 0 Å². The predicted molar refractivity (Wildman–Crippen MR) is 118 cm³/mol. The molecule has 0 spiro atoms. The molecule has 0 heterocycles. The Morgan fingerprint density at radius 3 is 1.41 bits per heavy atom. The second-order valence-electron chi connectivity index (χ2n) is 6.63. The van der Waals surface area contributed by atoms with Crippen LogP contribution in [0.4, 0.5) is 0 Å². The molecule has 6 heteroatoms. The molecule has 0 atom stereocenters. The third kappa shape index (κ3) is 6.44. The highest BCUT2D eigenvalue weighted by Gasteiger charge is 2.28. The fraction of sp³-hybridized carbons (Fsp3) is 0.174. The molecule has 3 N–H and O–H groups in total. The van der Waals surface area contributed by atoms with Gasteiger partial charge in [-0.25, -0.2) is 9.05 Å². The Labute approximate surface area is 173 Å². The normalized spacial score (nSPS) is 9.79. The molecule has 150 valence electrons. The molecule has 0 amide bonds. The molecule has 0 aromatic heterocycles. The maximum atomic E-state index is 12.1. The minimum absolute atomic E-state index is 0.121. The minimum atomic E-state index is -2.25. The van der Waals surface area contributed by atoms with E-state index in [9.17, 15) is 4.57 Å². The number of benzene rings is 3. The fourth-order valence-electron chi connectivity index (χ4n) is 2.67. The van der Waals surface area contributed by atoms with E-state index in [0.29, 0.717) is 11.5 Å². The summed E-state index contributed by atoms with van der Waals surface area (Å²) in [5, 5.41) is 7.01. The Kier molecular flexibility index (Phi) is 7.93. The molecule has 0 unspecified atom stereocenters. The zero-order valence-electron chi connectivity index (χ0n) is 17.1. The maximum absolute atomic E-state index is 12.1. The van der Waals surface area contributed by atoms with Crippen molar-refractivity contribution in [3.8, 4) is 11.5 Å². The molecule has 3 aromatic rings. The van der Waals surface area contributed by atoms with Crippen molar-refractivity contribution in [2.45, 2.75) is 27.7 Å². The SMILES string of the molecule is Cc1cccc(C)c1O[P+](=O)Oc1c(C)cccc1C.N=C(N)c1ccccc1. The Balaban J connectivity index is 0.000000278. The number of rotatable bonds is 5. The van der Waals surface area contributed by atoms with Crippen LogP contribution in [0.1, 0.15) is 27.8 Å². The van der Waals surface area contributed by atoms with Crippen LogP contribution >= 0.6 is 8.25 Å². The van der Waals surface area contributed by atoms with Gasteiger partial charge in [0.2, 0.25) is 0 Å². The van der Waals surface area contributed by atoms with Crippen LogP contribution in [0, 0.1) is 33.1 Å². The average molecular weight is 409 g/mol. The highest BCUT2D eigenvalue weighted by atomic mass is 31.1.